The van der Waals surface area contributed by atoms with Crippen LogP contribution >= 0.6 is 0 Å². The van der Waals surface area contributed by atoms with Crippen LogP contribution in [0.2, 0.25) is 0 Å². The molecule has 0 heterocycles. The lowest BCUT2D eigenvalue weighted by atomic mass is 10.1. The Hall–Kier alpha value is -2.37. The van der Waals surface area contributed by atoms with E-state index >= 15 is 0 Å². The molecule has 0 aromatic heterocycles. The highest BCUT2D eigenvalue weighted by Crippen LogP contribution is 2.14. The Kier molecular flexibility index (Phi) is 46.4. The minimum Gasteiger partial charge on any atom is -0.462 e. The number of unbranched alkanes of at least 4 members (excludes halogenated alkanes) is 29. The monoisotopic (exact) mass is 829 g/mol. The zero-order valence-corrected chi connectivity index (χ0v) is 39.3. The van der Waals surface area contributed by atoms with Crippen LogP contribution in [0, 0.1) is 0 Å². The Morgan fingerprint density at radius 2 is 0.576 bits per heavy atom. The SMILES string of the molecule is CCCC/C=C\CCCCCCCC(=O)OC(COC(=O)CCCCCCC/C=C\CCCCCCCC)COC(=O)CCCCCCC/C=C\CCCCCCCC. The maximum Gasteiger partial charge on any atom is 0.306 e. The lowest BCUT2D eigenvalue weighted by Gasteiger charge is -2.18. The molecule has 0 aromatic rings. The Bertz CT molecular complexity index is 944. The highest BCUT2D eigenvalue weighted by molar-refractivity contribution is 5.71. The quantitative estimate of drug-likeness (QED) is 0.0263. The minimum atomic E-state index is -0.780. The third-order valence-corrected chi connectivity index (χ3v) is 11.1. The van der Waals surface area contributed by atoms with Gasteiger partial charge in [-0.15, -0.1) is 0 Å². The predicted octanol–water partition coefficient (Wildman–Crippen LogP) is 16.5. The van der Waals surface area contributed by atoms with E-state index in [2.05, 4.69) is 57.2 Å². The minimum absolute atomic E-state index is 0.0812. The second kappa shape index (κ2) is 48.3. The van der Waals surface area contributed by atoms with Crippen molar-refractivity contribution in [3.63, 3.8) is 0 Å². The van der Waals surface area contributed by atoms with Gasteiger partial charge < -0.3 is 14.2 Å². The molecule has 0 unspecified atom stereocenters. The van der Waals surface area contributed by atoms with Gasteiger partial charge in [-0.1, -0.05) is 192 Å². The number of carbonyl (C=O) groups excluding carboxylic acids is 3. The van der Waals surface area contributed by atoms with Crippen LogP contribution in [0.1, 0.15) is 265 Å². The normalized spacial score (nSPS) is 11.8. The molecule has 0 spiro atoms. The standard InChI is InChI=1S/C53H96O6/c1-4-7-10-13-16-19-22-24-26-28-31-33-36-39-42-45-51(54)57-48-50(59-53(56)47-44-41-38-35-30-21-18-15-12-9-6-3)49-58-52(55)46-43-40-37-34-32-29-27-25-23-20-17-14-11-8-5-2/h15,18,24-27,50H,4-14,16-17,19-23,28-49H2,1-3H3/b18-15-,26-24-,27-25-. The molecule has 6 nitrogen and oxygen atoms in total. The summed E-state index contributed by atoms with van der Waals surface area (Å²) in [6.45, 7) is 6.58. The van der Waals surface area contributed by atoms with Crippen molar-refractivity contribution in [1.82, 2.24) is 0 Å². The number of ether oxygens (including phenoxy) is 3. The average Bonchev–Trinajstić information content (AvgIpc) is 3.23. The van der Waals surface area contributed by atoms with E-state index in [0.717, 1.165) is 83.5 Å². The van der Waals surface area contributed by atoms with Gasteiger partial charge in [0, 0.05) is 19.3 Å². The van der Waals surface area contributed by atoms with Gasteiger partial charge in [-0.05, 0) is 89.9 Å². The van der Waals surface area contributed by atoms with Crippen LogP contribution in [0.5, 0.6) is 0 Å². The number of hydrogen-bond donors (Lipinski definition) is 0. The van der Waals surface area contributed by atoms with E-state index < -0.39 is 6.10 Å². The topological polar surface area (TPSA) is 78.9 Å². The Labute approximate surface area is 365 Å². The van der Waals surface area contributed by atoms with E-state index in [9.17, 15) is 14.4 Å². The Balaban J connectivity index is 4.36. The molecule has 0 amide bonds. The van der Waals surface area contributed by atoms with Gasteiger partial charge >= 0.3 is 17.9 Å². The molecule has 59 heavy (non-hydrogen) atoms. The molecule has 6 heteroatoms. The molecular weight excluding hydrogens is 733 g/mol. The number of hydrogen-bond acceptors (Lipinski definition) is 6. The zero-order chi connectivity index (χ0) is 43.0. The van der Waals surface area contributed by atoms with Gasteiger partial charge in [0.15, 0.2) is 6.10 Å². The smallest absolute Gasteiger partial charge is 0.306 e. The van der Waals surface area contributed by atoms with Crippen LogP contribution in [-0.2, 0) is 28.6 Å². The van der Waals surface area contributed by atoms with Gasteiger partial charge in [0.2, 0.25) is 0 Å². The summed E-state index contributed by atoms with van der Waals surface area (Å²) in [6, 6.07) is 0. The fourth-order valence-electron chi connectivity index (χ4n) is 7.18. The first kappa shape index (κ1) is 56.6. The fraction of sp³-hybridized carbons (Fsp3) is 0.830. The second-order valence-electron chi connectivity index (χ2n) is 17.1. The summed E-state index contributed by atoms with van der Waals surface area (Å²) in [5, 5.41) is 0. The van der Waals surface area contributed by atoms with Crippen molar-refractivity contribution < 1.29 is 28.6 Å². The molecule has 0 atom stereocenters. The summed E-state index contributed by atoms with van der Waals surface area (Å²) in [5.74, 6) is -0.900. The number of carbonyl (C=O) groups is 3. The molecule has 0 N–H and O–H groups in total. The van der Waals surface area contributed by atoms with Gasteiger partial charge in [0.05, 0.1) is 0 Å². The number of esters is 3. The first-order valence-electron chi connectivity index (χ1n) is 25.5. The lowest BCUT2D eigenvalue weighted by Crippen LogP contribution is -2.30. The van der Waals surface area contributed by atoms with Crippen molar-refractivity contribution in [2.45, 2.75) is 271 Å². The first-order chi connectivity index (χ1) is 29.0. The van der Waals surface area contributed by atoms with E-state index in [1.807, 2.05) is 0 Å². The molecular formula is C53H96O6. The van der Waals surface area contributed by atoms with Gasteiger partial charge in [0.1, 0.15) is 13.2 Å². The van der Waals surface area contributed by atoms with Crippen LogP contribution in [0.4, 0.5) is 0 Å². The Morgan fingerprint density at radius 3 is 0.898 bits per heavy atom. The number of rotatable bonds is 46. The van der Waals surface area contributed by atoms with Gasteiger partial charge in [-0.3, -0.25) is 14.4 Å². The van der Waals surface area contributed by atoms with Gasteiger partial charge in [0.25, 0.3) is 0 Å². The number of allylic oxidation sites excluding steroid dienone is 6. The van der Waals surface area contributed by atoms with Crippen molar-refractivity contribution >= 4 is 17.9 Å². The third kappa shape index (κ3) is 46.5. The van der Waals surface area contributed by atoms with Crippen molar-refractivity contribution in [3.8, 4) is 0 Å². The summed E-state index contributed by atoms with van der Waals surface area (Å²) in [5.41, 5.74) is 0. The van der Waals surface area contributed by atoms with E-state index in [0.29, 0.717) is 19.3 Å². The van der Waals surface area contributed by atoms with Crippen molar-refractivity contribution in [2.24, 2.45) is 0 Å². The zero-order valence-electron chi connectivity index (χ0n) is 39.3. The molecule has 0 radical (unpaired) electrons. The summed E-state index contributed by atoms with van der Waals surface area (Å²) in [7, 11) is 0. The maximum atomic E-state index is 12.7. The second-order valence-corrected chi connectivity index (χ2v) is 17.1. The molecule has 344 valence electrons. The summed E-state index contributed by atoms with van der Waals surface area (Å²) < 4.78 is 16.8. The van der Waals surface area contributed by atoms with Gasteiger partial charge in [-0.25, -0.2) is 0 Å². The molecule has 0 aliphatic carbocycles. The Morgan fingerprint density at radius 1 is 0.322 bits per heavy atom. The molecule has 0 bridgehead atoms. The predicted molar refractivity (Wildman–Crippen MR) is 252 cm³/mol. The molecule has 0 aromatic carbocycles. The van der Waals surface area contributed by atoms with Crippen molar-refractivity contribution in [1.29, 1.82) is 0 Å². The fourth-order valence-corrected chi connectivity index (χ4v) is 7.18. The van der Waals surface area contributed by atoms with Gasteiger partial charge in [-0.2, -0.15) is 0 Å². The largest absolute Gasteiger partial charge is 0.462 e. The lowest BCUT2D eigenvalue weighted by molar-refractivity contribution is -0.167. The van der Waals surface area contributed by atoms with Crippen LogP contribution in [0.25, 0.3) is 0 Å². The van der Waals surface area contributed by atoms with Crippen LogP contribution in [-0.4, -0.2) is 37.2 Å². The van der Waals surface area contributed by atoms with E-state index in [1.165, 1.54) is 141 Å². The molecule has 0 aliphatic rings. The molecule has 0 rings (SSSR count). The van der Waals surface area contributed by atoms with E-state index in [1.54, 1.807) is 0 Å². The van der Waals surface area contributed by atoms with Crippen molar-refractivity contribution in [3.05, 3.63) is 36.5 Å². The molecule has 0 saturated heterocycles. The summed E-state index contributed by atoms with van der Waals surface area (Å²) in [4.78, 5) is 37.9. The highest BCUT2D eigenvalue weighted by atomic mass is 16.6. The summed E-state index contributed by atoms with van der Waals surface area (Å²) >= 11 is 0. The average molecular weight is 829 g/mol. The summed E-state index contributed by atoms with van der Waals surface area (Å²) in [6.07, 6.45) is 55.5. The third-order valence-electron chi connectivity index (χ3n) is 11.1. The molecule has 0 saturated carbocycles. The van der Waals surface area contributed by atoms with Crippen LogP contribution in [0.3, 0.4) is 0 Å². The van der Waals surface area contributed by atoms with E-state index in [-0.39, 0.29) is 31.1 Å². The van der Waals surface area contributed by atoms with E-state index in [4.69, 9.17) is 14.2 Å². The van der Waals surface area contributed by atoms with Crippen LogP contribution in [0.15, 0.2) is 36.5 Å². The maximum absolute atomic E-state index is 12.7. The molecule has 0 aliphatic heterocycles. The molecule has 0 fully saturated rings. The highest BCUT2D eigenvalue weighted by Gasteiger charge is 2.19. The first-order valence-corrected chi connectivity index (χ1v) is 25.5. The van der Waals surface area contributed by atoms with Crippen molar-refractivity contribution in [2.75, 3.05) is 13.2 Å². The van der Waals surface area contributed by atoms with Crippen LogP contribution < -0.4 is 0 Å².